The topological polar surface area (TPSA) is 37.2 Å². The molecule has 19 heavy (non-hydrogen) atoms. The second-order valence-electron chi connectivity index (χ2n) is 4.85. The third-order valence-corrected chi connectivity index (χ3v) is 3.21. The van der Waals surface area contributed by atoms with Gasteiger partial charge in [0.1, 0.15) is 5.82 Å². The number of benzene rings is 1. The van der Waals surface area contributed by atoms with Crippen molar-refractivity contribution in [3.63, 3.8) is 0 Å². The fourth-order valence-corrected chi connectivity index (χ4v) is 2.00. The fourth-order valence-electron chi connectivity index (χ4n) is 2.00. The van der Waals surface area contributed by atoms with E-state index in [0.717, 1.165) is 5.56 Å². The molecular formula is C15H19FN2O. The summed E-state index contributed by atoms with van der Waals surface area (Å²) in [5, 5.41) is 13.4. The van der Waals surface area contributed by atoms with Crippen LogP contribution in [0.2, 0.25) is 0 Å². The van der Waals surface area contributed by atoms with E-state index in [9.17, 15) is 9.50 Å². The molecule has 0 bridgehead atoms. The van der Waals surface area contributed by atoms with Crippen LogP contribution in [-0.4, -0.2) is 15.7 Å². The Morgan fingerprint density at radius 1 is 1.26 bits per heavy atom. The Balaban J connectivity index is 1.92. The van der Waals surface area contributed by atoms with Gasteiger partial charge in [-0.1, -0.05) is 12.1 Å². The van der Waals surface area contributed by atoms with E-state index in [1.807, 2.05) is 37.0 Å². The van der Waals surface area contributed by atoms with Gasteiger partial charge in [-0.2, -0.15) is 0 Å². The van der Waals surface area contributed by atoms with Crippen LogP contribution in [0.25, 0.3) is 0 Å². The lowest BCUT2D eigenvalue weighted by Gasteiger charge is -2.20. The van der Waals surface area contributed by atoms with Gasteiger partial charge in [0, 0.05) is 32.0 Å². The Bertz CT molecular complexity index is 521. The minimum Gasteiger partial charge on any atom is -0.387 e. The summed E-state index contributed by atoms with van der Waals surface area (Å²) in [5.74, 6) is -0.291. The first-order chi connectivity index (χ1) is 9.06. The van der Waals surface area contributed by atoms with E-state index in [-0.39, 0.29) is 11.9 Å². The third kappa shape index (κ3) is 3.66. The first-order valence-electron chi connectivity index (χ1n) is 6.34. The van der Waals surface area contributed by atoms with Crippen LogP contribution in [0.1, 0.15) is 24.2 Å². The zero-order chi connectivity index (χ0) is 13.8. The maximum atomic E-state index is 12.8. The number of hydrogen-bond donors (Lipinski definition) is 2. The predicted molar refractivity (Wildman–Crippen MR) is 73.1 cm³/mol. The van der Waals surface area contributed by atoms with Gasteiger partial charge in [0.2, 0.25) is 0 Å². The molecule has 2 N–H and O–H groups in total. The molecule has 0 aliphatic heterocycles. The highest BCUT2D eigenvalue weighted by molar-refractivity contribution is 5.20. The van der Waals surface area contributed by atoms with Crippen molar-refractivity contribution in [2.45, 2.75) is 25.6 Å². The molecule has 0 amide bonds. The Hall–Kier alpha value is -1.65. The summed E-state index contributed by atoms with van der Waals surface area (Å²) < 4.78 is 14.8. The number of aromatic nitrogens is 1. The zero-order valence-electron chi connectivity index (χ0n) is 11.2. The summed E-state index contributed by atoms with van der Waals surface area (Å²) in [6.07, 6.45) is 3.37. The molecule has 0 aliphatic rings. The van der Waals surface area contributed by atoms with Gasteiger partial charge in [-0.3, -0.25) is 0 Å². The van der Waals surface area contributed by atoms with E-state index in [1.165, 1.54) is 17.7 Å². The second kappa shape index (κ2) is 5.99. The number of aliphatic hydroxyl groups excluding tert-OH is 1. The molecule has 2 rings (SSSR count). The Labute approximate surface area is 112 Å². The van der Waals surface area contributed by atoms with Crippen LogP contribution in [-0.2, 0) is 13.6 Å². The second-order valence-corrected chi connectivity index (χ2v) is 4.85. The minimum atomic E-state index is -0.649. The molecule has 102 valence electrons. The molecule has 1 aromatic heterocycles. The standard InChI is InChI=1S/C15H19FN2O/c1-11(17-9-12-7-8-18(2)10-12)15(19)13-3-5-14(16)6-4-13/h3-8,10-11,15,17,19H,9H2,1-2H3. The van der Waals surface area contributed by atoms with Gasteiger partial charge in [-0.05, 0) is 36.2 Å². The summed E-state index contributed by atoms with van der Waals surface area (Å²) in [7, 11) is 1.97. The fraction of sp³-hybridized carbons (Fsp3) is 0.333. The molecule has 0 saturated heterocycles. The molecule has 0 spiro atoms. The summed E-state index contributed by atoms with van der Waals surface area (Å²) >= 11 is 0. The monoisotopic (exact) mass is 262 g/mol. The summed E-state index contributed by atoms with van der Waals surface area (Å²) in [4.78, 5) is 0. The average Bonchev–Trinajstić information content (AvgIpc) is 2.82. The molecule has 0 radical (unpaired) electrons. The van der Waals surface area contributed by atoms with Gasteiger partial charge >= 0.3 is 0 Å². The largest absolute Gasteiger partial charge is 0.387 e. The minimum absolute atomic E-state index is 0.106. The molecule has 4 heteroatoms. The molecule has 0 saturated carbocycles. The van der Waals surface area contributed by atoms with Gasteiger partial charge in [0.15, 0.2) is 0 Å². The number of hydrogen-bond acceptors (Lipinski definition) is 2. The highest BCUT2D eigenvalue weighted by Gasteiger charge is 2.15. The van der Waals surface area contributed by atoms with Crippen LogP contribution in [0.5, 0.6) is 0 Å². The molecule has 2 atom stereocenters. The van der Waals surface area contributed by atoms with E-state index >= 15 is 0 Å². The van der Waals surface area contributed by atoms with Crippen molar-refractivity contribution in [1.29, 1.82) is 0 Å². The van der Waals surface area contributed by atoms with Crippen LogP contribution < -0.4 is 5.32 Å². The van der Waals surface area contributed by atoms with Gasteiger partial charge in [-0.25, -0.2) is 4.39 Å². The lowest BCUT2D eigenvalue weighted by Crippen LogP contribution is -2.31. The maximum absolute atomic E-state index is 12.8. The van der Waals surface area contributed by atoms with Gasteiger partial charge in [0.05, 0.1) is 6.10 Å². The normalized spacial score (nSPS) is 14.3. The van der Waals surface area contributed by atoms with Crippen LogP contribution in [0, 0.1) is 5.82 Å². The smallest absolute Gasteiger partial charge is 0.123 e. The number of rotatable bonds is 5. The number of halogens is 1. The number of aryl methyl sites for hydroxylation is 1. The van der Waals surface area contributed by atoms with Crippen molar-refractivity contribution < 1.29 is 9.50 Å². The molecule has 3 nitrogen and oxygen atoms in total. The van der Waals surface area contributed by atoms with Crippen LogP contribution in [0.4, 0.5) is 4.39 Å². The van der Waals surface area contributed by atoms with E-state index < -0.39 is 6.10 Å². The molecule has 2 aromatic rings. The van der Waals surface area contributed by atoms with Crippen LogP contribution >= 0.6 is 0 Å². The lowest BCUT2D eigenvalue weighted by molar-refractivity contribution is 0.135. The Morgan fingerprint density at radius 2 is 1.95 bits per heavy atom. The SMILES string of the molecule is CC(NCc1ccn(C)c1)C(O)c1ccc(F)cc1. The van der Waals surface area contributed by atoms with E-state index in [4.69, 9.17) is 0 Å². The average molecular weight is 262 g/mol. The van der Waals surface area contributed by atoms with Gasteiger partial charge in [-0.15, -0.1) is 0 Å². The van der Waals surface area contributed by atoms with E-state index in [2.05, 4.69) is 5.32 Å². The summed E-state index contributed by atoms with van der Waals surface area (Å²) in [5.41, 5.74) is 1.88. The Morgan fingerprint density at radius 3 is 2.53 bits per heavy atom. The van der Waals surface area contributed by atoms with Crippen molar-refractivity contribution in [3.05, 3.63) is 59.7 Å². The van der Waals surface area contributed by atoms with Gasteiger partial charge in [0.25, 0.3) is 0 Å². The first kappa shape index (κ1) is 13.8. The van der Waals surface area contributed by atoms with Crippen molar-refractivity contribution in [2.24, 2.45) is 7.05 Å². The first-order valence-corrected chi connectivity index (χ1v) is 6.34. The highest BCUT2D eigenvalue weighted by Crippen LogP contribution is 2.17. The number of nitrogens with zero attached hydrogens (tertiary/aromatic N) is 1. The molecular weight excluding hydrogens is 243 g/mol. The third-order valence-electron chi connectivity index (χ3n) is 3.21. The van der Waals surface area contributed by atoms with E-state index in [1.54, 1.807) is 12.1 Å². The van der Waals surface area contributed by atoms with Crippen molar-refractivity contribution >= 4 is 0 Å². The summed E-state index contributed by atoms with van der Waals surface area (Å²) in [6.45, 7) is 2.61. The van der Waals surface area contributed by atoms with Crippen molar-refractivity contribution in [2.75, 3.05) is 0 Å². The van der Waals surface area contributed by atoms with Crippen molar-refractivity contribution in [1.82, 2.24) is 9.88 Å². The van der Waals surface area contributed by atoms with Crippen LogP contribution in [0.3, 0.4) is 0 Å². The van der Waals surface area contributed by atoms with Crippen LogP contribution in [0.15, 0.2) is 42.7 Å². The van der Waals surface area contributed by atoms with Gasteiger partial charge < -0.3 is 15.0 Å². The molecule has 1 aromatic carbocycles. The number of nitrogens with one attached hydrogen (secondary N) is 1. The zero-order valence-corrected chi connectivity index (χ0v) is 11.2. The quantitative estimate of drug-likeness (QED) is 0.868. The maximum Gasteiger partial charge on any atom is 0.123 e. The summed E-state index contributed by atoms with van der Waals surface area (Å²) in [6, 6.07) is 7.88. The Kier molecular flexibility index (Phi) is 4.35. The van der Waals surface area contributed by atoms with E-state index in [0.29, 0.717) is 6.54 Å². The lowest BCUT2D eigenvalue weighted by atomic mass is 10.0. The molecule has 0 fully saturated rings. The highest BCUT2D eigenvalue weighted by atomic mass is 19.1. The number of aliphatic hydroxyl groups is 1. The molecule has 0 aliphatic carbocycles. The predicted octanol–water partition coefficient (Wildman–Crippen LogP) is 2.38. The molecule has 2 unspecified atom stereocenters. The van der Waals surface area contributed by atoms with Crippen molar-refractivity contribution in [3.8, 4) is 0 Å². The molecule has 1 heterocycles.